The van der Waals surface area contributed by atoms with Crippen LogP contribution in [0.2, 0.25) is 5.02 Å². The molecule has 0 aliphatic carbocycles. The Hall–Kier alpha value is -3.46. The van der Waals surface area contributed by atoms with Crippen LogP contribution >= 0.6 is 24.0 Å². The van der Waals surface area contributed by atoms with E-state index in [1.54, 1.807) is 36.4 Å². The fraction of sp³-hybridized carbons (Fsp3) is 0.385. The van der Waals surface area contributed by atoms with Gasteiger partial charge in [-0.25, -0.2) is 0 Å². The maximum absolute atomic E-state index is 12.7. The van der Waals surface area contributed by atoms with E-state index in [0.29, 0.717) is 34.2 Å². The molecule has 3 aromatic rings. The second kappa shape index (κ2) is 17.4. The molecule has 3 heterocycles. The number of phenolic OH excluding ortho intramolecular Hbond substituents is 1. The fourth-order valence-corrected chi connectivity index (χ4v) is 4.67. The number of phenols is 1. The van der Waals surface area contributed by atoms with Crippen molar-refractivity contribution in [1.82, 2.24) is 39.6 Å². The zero-order valence-electron chi connectivity index (χ0n) is 23.3. The molecule has 0 bridgehead atoms. The number of anilines is 5. The molecule has 15 heteroatoms. The third-order valence-electron chi connectivity index (χ3n) is 6.49. The van der Waals surface area contributed by atoms with E-state index in [4.69, 9.17) is 26.6 Å². The molecular weight excluding hydrogens is 569 g/mol. The van der Waals surface area contributed by atoms with Gasteiger partial charge in [-0.15, -0.1) is 12.4 Å². The predicted octanol–water partition coefficient (Wildman–Crippen LogP) is 7.26. The second-order valence-corrected chi connectivity index (χ2v) is 9.61. The lowest BCUT2D eigenvalue weighted by Gasteiger charge is -2.30. The van der Waals surface area contributed by atoms with Crippen molar-refractivity contribution in [3.8, 4) is 5.75 Å². The van der Waals surface area contributed by atoms with E-state index in [1.807, 2.05) is 0 Å². The van der Waals surface area contributed by atoms with Gasteiger partial charge in [0.2, 0.25) is 17.8 Å². The number of halogens is 2. The highest BCUT2D eigenvalue weighted by atomic mass is 35.5. The van der Waals surface area contributed by atoms with Gasteiger partial charge in [0.25, 0.3) is 5.91 Å². The van der Waals surface area contributed by atoms with Gasteiger partial charge in [0.1, 0.15) is 5.75 Å². The van der Waals surface area contributed by atoms with Crippen molar-refractivity contribution < 1.29 is 15.6 Å². The van der Waals surface area contributed by atoms with E-state index in [2.05, 4.69) is 20.4 Å². The molecule has 0 atom stereocenters. The monoisotopic (exact) mass is 619 g/mol. The Morgan fingerprint density at radius 3 is 1.73 bits per heavy atom. The SMILES string of the molecule is Cl.N.N.N.N.O=C(Nc1ccc(Cl)cc1)c1ccc(Nc2nc(N3CCCCC3)nc(N3CCCCC3)n2)cc1O.[HH].[HH].[HH].[HH]. The van der Waals surface area contributed by atoms with Crippen LogP contribution in [0.15, 0.2) is 42.5 Å². The largest absolute Gasteiger partial charge is 0.507 e. The summed E-state index contributed by atoms with van der Waals surface area (Å²) in [6, 6.07) is 11.6. The molecule has 0 radical (unpaired) electrons. The Labute approximate surface area is 258 Å². The first kappa shape index (κ1) is 37.5. The van der Waals surface area contributed by atoms with Crippen LogP contribution in [0.25, 0.3) is 0 Å². The quantitative estimate of drug-likeness (QED) is 0.144. The number of carbonyl (C=O) groups excluding carboxylic acids is 1. The third-order valence-corrected chi connectivity index (χ3v) is 6.74. The van der Waals surface area contributed by atoms with Gasteiger partial charge >= 0.3 is 0 Å². The minimum Gasteiger partial charge on any atom is -0.507 e. The molecule has 2 aliphatic rings. The Balaban J connectivity index is -0.000000593. The summed E-state index contributed by atoms with van der Waals surface area (Å²) in [5.74, 6) is 1.21. The molecule has 2 fully saturated rings. The van der Waals surface area contributed by atoms with Crippen molar-refractivity contribution in [2.45, 2.75) is 38.5 Å². The predicted molar refractivity (Wildman–Crippen MR) is 179 cm³/mol. The van der Waals surface area contributed by atoms with Crippen molar-refractivity contribution in [2.24, 2.45) is 0 Å². The van der Waals surface area contributed by atoms with E-state index in [0.717, 1.165) is 51.9 Å². The summed E-state index contributed by atoms with van der Waals surface area (Å²) >= 11 is 5.90. The minimum atomic E-state index is -0.415. The standard InChI is InChI=1S/C26H30ClN7O2.ClH.4H3N.4H2/c27-18-7-9-19(10-8-18)28-23(36)21-12-11-20(17-22(21)35)29-24-30-25(33-13-3-1-4-14-33)32-26(31-24)34-15-5-2-6-16-34;;;;;;;;;/h7-12,17,35H,1-6,13-16H2,(H,28,36)(H,29,30,31,32);1H;4*1H3;4*1H. The van der Waals surface area contributed by atoms with Gasteiger partial charge in [0, 0.05) is 54.3 Å². The van der Waals surface area contributed by atoms with Crippen LogP contribution in [0.4, 0.5) is 29.2 Å². The van der Waals surface area contributed by atoms with Gasteiger partial charge in [0.15, 0.2) is 0 Å². The van der Waals surface area contributed by atoms with Gasteiger partial charge in [-0.05, 0) is 74.9 Å². The Morgan fingerprint density at radius 2 is 1.24 bits per heavy atom. The summed E-state index contributed by atoms with van der Waals surface area (Å²) in [6.07, 6.45) is 6.95. The minimum absolute atomic E-state index is 0. The third kappa shape index (κ3) is 9.56. The molecule has 0 saturated carbocycles. The molecule has 13 nitrogen and oxygen atoms in total. The fourth-order valence-electron chi connectivity index (χ4n) is 4.54. The molecule has 5 rings (SSSR count). The van der Waals surface area contributed by atoms with Crippen LogP contribution in [0.5, 0.6) is 5.75 Å². The summed E-state index contributed by atoms with van der Waals surface area (Å²) in [4.78, 5) is 31.3. The lowest BCUT2D eigenvalue weighted by Crippen LogP contribution is -2.34. The Bertz CT molecular complexity index is 1210. The lowest BCUT2D eigenvalue weighted by molar-refractivity contribution is 0.102. The van der Waals surface area contributed by atoms with Crippen molar-refractivity contribution >= 4 is 59.1 Å². The van der Waals surface area contributed by atoms with Crippen molar-refractivity contribution in [1.29, 1.82) is 0 Å². The number of nitrogens with zero attached hydrogens (tertiary/aromatic N) is 5. The van der Waals surface area contributed by atoms with Crippen LogP contribution in [-0.2, 0) is 0 Å². The number of aromatic nitrogens is 3. The first-order valence-electron chi connectivity index (χ1n) is 12.5. The average molecular weight is 621 g/mol. The molecule has 2 saturated heterocycles. The van der Waals surface area contributed by atoms with Crippen molar-refractivity contribution in [2.75, 3.05) is 46.6 Å². The number of piperidine rings is 2. The first-order chi connectivity index (χ1) is 17.5. The second-order valence-electron chi connectivity index (χ2n) is 9.17. The van der Waals surface area contributed by atoms with Crippen molar-refractivity contribution in [3.63, 3.8) is 0 Å². The number of carbonyl (C=O) groups is 1. The maximum Gasteiger partial charge on any atom is 0.259 e. The summed E-state index contributed by atoms with van der Waals surface area (Å²) in [6.45, 7) is 3.73. The van der Waals surface area contributed by atoms with E-state index < -0.39 is 5.91 Å². The van der Waals surface area contributed by atoms with E-state index in [1.165, 1.54) is 18.9 Å². The van der Waals surface area contributed by atoms with Crippen LogP contribution in [-0.4, -0.2) is 52.1 Å². The van der Waals surface area contributed by atoms with Gasteiger partial charge in [-0.2, -0.15) is 15.0 Å². The summed E-state index contributed by atoms with van der Waals surface area (Å²) in [7, 11) is 0. The Kier molecular flexibility index (Phi) is 15.9. The molecule has 0 spiro atoms. The zero-order valence-corrected chi connectivity index (χ0v) is 24.9. The van der Waals surface area contributed by atoms with Gasteiger partial charge in [0.05, 0.1) is 5.56 Å². The highest BCUT2D eigenvalue weighted by Gasteiger charge is 2.21. The van der Waals surface area contributed by atoms with Crippen molar-refractivity contribution in [3.05, 3.63) is 53.1 Å². The van der Waals surface area contributed by atoms with Crippen LogP contribution in [0.1, 0.15) is 54.6 Å². The van der Waals surface area contributed by atoms with E-state index in [-0.39, 0.29) is 54.0 Å². The molecule has 15 N–H and O–H groups in total. The summed E-state index contributed by atoms with van der Waals surface area (Å²) in [5.41, 5.74) is 1.33. The number of benzene rings is 2. The molecule has 236 valence electrons. The van der Waals surface area contributed by atoms with Gasteiger partial charge in [-0.1, -0.05) is 11.6 Å². The first-order valence-corrected chi connectivity index (χ1v) is 12.9. The van der Waals surface area contributed by atoms with Crippen LogP contribution < -0.4 is 45.0 Å². The molecule has 41 heavy (non-hydrogen) atoms. The van der Waals surface area contributed by atoms with Crippen LogP contribution in [0.3, 0.4) is 0 Å². The highest BCUT2D eigenvalue weighted by molar-refractivity contribution is 6.30. The average Bonchev–Trinajstić information content (AvgIpc) is 2.91. The summed E-state index contributed by atoms with van der Waals surface area (Å²) < 4.78 is 0. The highest BCUT2D eigenvalue weighted by Crippen LogP contribution is 2.27. The van der Waals surface area contributed by atoms with E-state index >= 15 is 0 Å². The molecule has 1 aromatic heterocycles. The Morgan fingerprint density at radius 1 is 0.756 bits per heavy atom. The van der Waals surface area contributed by atoms with E-state index in [9.17, 15) is 9.90 Å². The zero-order chi connectivity index (χ0) is 24.9. The lowest BCUT2D eigenvalue weighted by atomic mass is 10.1. The molecule has 2 aliphatic heterocycles. The van der Waals surface area contributed by atoms with Gasteiger partial charge < -0.3 is 50.1 Å². The number of hydrogen-bond acceptors (Lipinski definition) is 12. The summed E-state index contributed by atoms with van der Waals surface area (Å²) in [5, 5.41) is 17.1. The topological polar surface area (TPSA) is 247 Å². The maximum atomic E-state index is 12.7. The number of amides is 1. The number of rotatable bonds is 6. The molecule has 1 amide bonds. The molecule has 2 aromatic carbocycles. The number of aromatic hydroxyl groups is 1. The normalized spacial score (nSPS) is 14.1. The number of hydrogen-bond donors (Lipinski definition) is 7. The smallest absolute Gasteiger partial charge is 0.259 e. The number of nitrogens with one attached hydrogen (secondary N) is 2. The molecular formula is C26H51Cl2N11O2. The van der Waals surface area contributed by atoms with Crippen LogP contribution in [0, 0.1) is 0 Å². The molecule has 0 unspecified atom stereocenters. The van der Waals surface area contributed by atoms with Gasteiger partial charge in [-0.3, -0.25) is 4.79 Å².